The Morgan fingerprint density at radius 3 is 2.37 bits per heavy atom. The molecule has 0 radical (unpaired) electrons. The Hall–Kier alpha value is -2.82. The first-order chi connectivity index (χ1) is 14.7. The molecule has 5 heteroatoms. The second-order valence-electron chi connectivity index (χ2n) is 7.76. The minimum absolute atomic E-state index is 0.0222. The number of para-hydroxylation sites is 2. The van der Waals surface area contributed by atoms with Crippen LogP contribution in [0.25, 0.3) is 0 Å². The van der Waals surface area contributed by atoms with Crippen molar-refractivity contribution in [3.63, 3.8) is 0 Å². The van der Waals surface area contributed by atoms with E-state index in [0.717, 1.165) is 45.2 Å². The molecule has 1 fully saturated rings. The van der Waals surface area contributed by atoms with E-state index in [4.69, 9.17) is 4.74 Å². The summed E-state index contributed by atoms with van der Waals surface area (Å²) in [6.07, 6.45) is 7.68. The average Bonchev–Trinajstić information content (AvgIpc) is 2.79. The Morgan fingerprint density at radius 2 is 1.60 bits per heavy atom. The Balaban J connectivity index is 1.70. The highest BCUT2D eigenvalue weighted by atomic mass is 16.5. The van der Waals surface area contributed by atoms with Gasteiger partial charge in [-0.15, -0.1) is 0 Å². The maximum absolute atomic E-state index is 13.0. The first kappa shape index (κ1) is 21.9. The van der Waals surface area contributed by atoms with E-state index in [-0.39, 0.29) is 11.8 Å². The van der Waals surface area contributed by atoms with Crippen LogP contribution in [0.15, 0.2) is 48.5 Å². The fraction of sp³-hybridized carbons (Fsp3) is 0.440. The van der Waals surface area contributed by atoms with Gasteiger partial charge in [-0.2, -0.15) is 0 Å². The van der Waals surface area contributed by atoms with Crippen LogP contribution in [-0.2, 0) is 0 Å². The monoisotopic (exact) mass is 408 g/mol. The van der Waals surface area contributed by atoms with E-state index in [9.17, 15) is 9.59 Å². The molecule has 0 aliphatic carbocycles. The first-order valence-electron chi connectivity index (χ1n) is 11.1. The largest absolute Gasteiger partial charge is 0.493 e. The third kappa shape index (κ3) is 5.85. The Bertz CT molecular complexity index is 844. The van der Waals surface area contributed by atoms with Gasteiger partial charge in [-0.1, -0.05) is 50.5 Å². The van der Waals surface area contributed by atoms with Crippen LogP contribution in [0.5, 0.6) is 5.75 Å². The third-order valence-electron chi connectivity index (χ3n) is 5.44. The van der Waals surface area contributed by atoms with Crippen LogP contribution in [-0.4, -0.2) is 36.4 Å². The van der Waals surface area contributed by atoms with Crippen molar-refractivity contribution in [1.29, 1.82) is 0 Å². The zero-order valence-electron chi connectivity index (χ0n) is 17.9. The van der Waals surface area contributed by atoms with Gasteiger partial charge in [0, 0.05) is 13.1 Å². The Labute approximate surface area is 179 Å². The molecule has 0 unspecified atom stereocenters. The number of unbranched alkanes of at least 4 members (excludes halogenated alkanes) is 3. The second kappa shape index (κ2) is 11.4. The van der Waals surface area contributed by atoms with Crippen molar-refractivity contribution in [3.8, 4) is 5.75 Å². The van der Waals surface area contributed by atoms with Gasteiger partial charge in [-0.05, 0) is 49.9 Å². The maximum Gasteiger partial charge on any atom is 0.259 e. The summed E-state index contributed by atoms with van der Waals surface area (Å²) in [5, 5.41) is 2.93. The molecule has 1 aliphatic rings. The summed E-state index contributed by atoms with van der Waals surface area (Å²) in [5.74, 6) is 0.287. The predicted molar refractivity (Wildman–Crippen MR) is 120 cm³/mol. The summed E-state index contributed by atoms with van der Waals surface area (Å²) >= 11 is 0. The van der Waals surface area contributed by atoms with Crippen molar-refractivity contribution >= 4 is 17.5 Å². The van der Waals surface area contributed by atoms with E-state index in [1.54, 1.807) is 18.2 Å². The number of anilines is 1. The molecule has 2 aromatic rings. The number of ether oxygens (including phenoxy) is 1. The van der Waals surface area contributed by atoms with Crippen LogP contribution in [0.3, 0.4) is 0 Å². The molecule has 3 rings (SSSR count). The van der Waals surface area contributed by atoms with Gasteiger partial charge in [0.1, 0.15) is 5.75 Å². The van der Waals surface area contributed by atoms with Crippen LogP contribution in [0.4, 0.5) is 5.69 Å². The zero-order valence-corrected chi connectivity index (χ0v) is 17.9. The first-order valence-corrected chi connectivity index (χ1v) is 11.1. The van der Waals surface area contributed by atoms with Crippen molar-refractivity contribution in [2.45, 2.75) is 51.9 Å². The van der Waals surface area contributed by atoms with Crippen LogP contribution in [0.2, 0.25) is 0 Å². The van der Waals surface area contributed by atoms with E-state index < -0.39 is 0 Å². The topological polar surface area (TPSA) is 58.6 Å². The van der Waals surface area contributed by atoms with Gasteiger partial charge in [-0.3, -0.25) is 9.59 Å². The molecule has 30 heavy (non-hydrogen) atoms. The number of nitrogens with zero attached hydrogens (tertiary/aromatic N) is 1. The second-order valence-corrected chi connectivity index (χ2v) is 7.76. The van der Waals surface area contributed by atoms with Crippen molar-refractivity contribution in [1.82, 2.24) is 4.90 Å². The normalized spacial score (nSPS) is 13.7. The Kier molecular flexibility index (Phi) is 8.30. The van der Waals surface area contributed by atoms with Crippen molar-refractivity contribution in [2.24, 2.45) is 0 Å². The standard InChI is InChI=1S/C25H32N2O3/c1-2-3-4-12-19-30-23-16-9-7-14-21(23)24(28)26-22-15-8-6-13-20(22)25(29)27-17-10-5-11-18-27/h6-9,13-16H,2-5,10-12,17-19H2,1H3,(H,26,28). The van der Waals surface area contributed by atoms with Gasteiger partial charge in [-0.25, -0.2) is 0 Å². The summed E-state index contributed by atoms with van der Waals surface area (Å²) in [5.41, 5.74) is 1.55. The molecule has 2 aromatic carbocycles. The van der Waals surface area contributed by atoms with Crippen LogP contribution >= 0.6 is 0 Å². The lowest BCUT2D eigenvalue weighted by Crippen LogP contribution is -2.36. The quantitative estimate of drug-likeness (QED) is 0.556. The molecule has 1 saturated heterocycles. The van der Waals surface area contributed by atoms with Crippen LogP contribution in [0.1, 0.15) is 72.6 Å². The SMILES string of the molecule is CCCCCCOc1ccccc1C(=O)Nc1ccccc1C(=O)N1CCCCC1. The molecular weight excluding hydrogens is 376 g/mol. The minimum Gasteiger partial charge on any atom is -0.493 e. The molecule has 5 nitrogen and oxygen atoms in total. The molecular formula is C25H32N2O3. The summed E-state index contributed by atoms with van der Waals surface area (Å²) in [7, 11) is 0. The van der Waals surface area contributed by atoms with E-state index in [1.807, 2.05) is 35.2 Å². The molecule has 1 aliphatic heterocycles. The lowest BCUT2D eigenvalue weighted by atomic mass is 10.1. The smallest absolute Gasteiger partial charge is 0.259 e. The lowest BCUT2D eigenvalue weighted by Gasteiger charge is -2.27. The Morgan fingerprint density at radius 1 is 0.900 bits per heavy atom. The van der Waals surface area contributed by atoms with Gasteiger partial charge in [0.15, 0.2) is 0 Å². The molecule has 1 N–H and O–H groups in total. The molecule has 2 amide bonds. The van der Waals surface area contributed by atoms with E-state index >= 15 is 0 Å². The average molecular weight is 409 g/mol. The number of carbonyl (C=O) groups is 2. The number of nitrogens with one attached hydrogen (secondary N) is 1. The number of carbonyl (C=O) groups excluding carboxylic acids is 2. The van der Waals surface area contributed by atoms with E-state index in [1.165, 1.54) is 12.8 Å². The lowest BCUT2D eigenvalue weighted by molar-refractivity contribution is 0.0725. The molecule has 0 bridgehead atoms. The molecule has 0 aromatic heterocycles. The van der Waals surface area contributed by atoms with Crippen LogP contribution < -0.4 is 10.1 Å². The van der Waals surface area contributed by atoms with Crippen molar-refractivity contribution in [2.75, 3.05) is 25.0 Å². The number of amides is 2. The molecule has 0 atom stereocenters. The highest BCUT2D eigenvalue weighted by Crippen LogP contribution is 2.24. The minimum atomic E-state index is -0.266. The number of likely N-dealkylation sites (tertiary alicyclic amines) is 1. The molecule has 0 saturated carbocycles. The highest BCUT2D eigenvalue weighted by Gasteiger charge is 2.22. The number of rotatable bonds is 9. The fourth-order valence-corrected chi connectivity index (χ4v) is 3.73. The van der Waals surface area contributed by atoms with Gasteiger partial charge in [0.2, 0.25) is 0 Å². The van der Waals surface area contributed by atoms with Gasteiger partial charge >= 0.3 is 0 Å². The number of hydrogen-bond acceptors (Lipinski definition) is 3. The molecule has 160 valence electrons. The highest BCUT2D eigenvalue weighted by molar-refractivity contribution is 6.10. The third-order valence-corrected chi connectivity index (χ3v) is 5.44. The van der Waals surface area contributed by atoms with Gasteiger partial charge < -0.3 is 15.0 Å². The number of hydrogen-bond donors (Lipinski definition) is 1. The molecule has 0 spiro atoms. The fourth-order valence-electron chi connectivity index (χ4n) is 3.73. The summed E-state index contributed by atoms with van der Waals surface area (Å²) < 4.78 is 5.88. The number of benzene rings is 2. The van der Waals surface area contributed by atoms with Crippen molar-refractivity contribution < 1.29 is 14.3 Å². The van der Waals surface area contributed by atoms with Gasteiger partial charge in [0.05, 0.1) is 23.4 Å². The van der Waals surface area contributed by atoms with E-state index in [0.29, 0.717) is 29.2 Å². The summed E-state index contributed by atoms with van der Waals surface area (Å²) in [6.45, 7) is 4.31. The zero-order chi connectivity index (χ0) is 21.2. The van der Waals surface area contributed by atoms with Crippen molar-refractivity contribution in [3.05, 3.63) is 59.7 Å². The van der Waals surface area contributed by atoms with E-state index in [2.05, 4.69) is 12.2 Å². The van der Waals surface area contributed by atoms with Gasteiger partial charge in [0.25, 0.3) is 11.8 Å². The summed E-state index contributed by atoms with van der Waals surface area (Å²) in [4.78, 5) is 27.9. The van der Waals surface area contributed by atoms with Crippen LogP contribution in [0, 0.1) is 0 Å². The molecule has 1 heterocycles. The predicted octanol–water partition coefficient (Wildman–Crippen LogP) is 5.52. The number of piperidine rings is 1. The summed E-state index contributed by atoms with van der Waals surface area (Å²) in [6, 6.07) is 14.5. The maximum atomic E-state index is 13.0.